The lowest BCUT2D eigenvalue weighted by molar-refractivity contribution is 0.0983. The van der Waals surface area contributed by atoms with E-state index in [1.165, 1.54) is 11.0 Å². The summed E-state index contributed by atoms with van der Waals surface area (Å²) in [5, 5.41) is 0. The number of rotatable bonds is 4. The highest BCUT2D eigenvalue weighted by molar-refractivity contribution is 6.05. The van der Waals surface area contributed by atoms with Crippen molar-refractivity contribution in [2.75, 3.05) is 16.9 Å². The molecule has 0 radical (unpaired) electrons. The molecule has 20 heavy (non-hydrogen) atoms. The number of benzene rings is 1. The van der Waals surface area contributed by atoms with Crippen LogP contribution in [-0.2, 0) is 0 Å². The van der Waals surface area contributed by atoms with E-state index >= 15 is 0 Å². The number of hydrazine groups is 1. The number of halogens is 1. The first-order chi connectivity index (χ1) is 9.67. The SMILES string of the molecule is CCN(C(=O)c1cccc(NN)n1)c1ccccc1F. The average molecular weight is 274 g/mol. The van der Waals surface area contributed by atoms with Crippen molar-refractivity contribution in [1.82, 2.24) is 4.98 Å². The van der Waals surface area contributed by atoms with Crippen LogP contribution in [0.4, 0.5) is 15.9 Å². The van der Waals surface area contributed by atoms with E-state index < -0.39 is 5.82 Å². The maximum absolute atomic E-state index is 13.8. The first-order valence-corrected chi connectivity index (χ1v) is 6.17. The molecule has 1 aromatic carbocycles. The normalized spacial score (nSPS) is 10.2. The van der Waals surface area contributed by atoms with Crippen LogP contribution in [0.5, 0.6) is 0 Å². The predicted octanol–water partition coefficient (Wildman–Crippen LogP) is 2.17. The molecule has 0 unspecified atom stereocenters. The van der Waals surface area contributed by atoms with Crippen LogP contribution in [0.15, 0.2) is 42.5 Å². The summed E-state index contributed by atoms with van der Waals surface area (Å²) in [6, 6.07) is 11.0. The molecule has 0 aliphatic rings. The zero-order chi connectivity index (χ0) is 14.5. The van der Waals surface area contributed by atoms with Gasteiger partial charge in [-0.1, -0.05) is 18.2 Å². The van der Waals surface area contributed by atoms with Gasteiger partial charge in [0, 0.05) is 6.54 Å². The number of anilines is 2. The van der Waals surface area contributed by atoms with Crippen molar-refractivity contribution in [2.45, 2.75) is 6.92 Å². The first-order valence-electron chi connectivity index (χ1n) is 6.17. The number of carbonyl (C=O) groups excluding carboxylic acids is 1. The number of pyridine rings is 1. The molecule has 2 aromatic rings. The summed E-state index contributed by atoms with van der Waals surface area (Å²) < 4.78 is 13.8. The molecule has 0 fully saturated rings. The van der Waals surface area contributed by atoms with Gasteiger partial charge in [-0.05, 0) is 31.2 Å². The summed E-state index contributed by atoms with van der Waals surface area (Å²) in [4.78, 5) is 17.8. The van der Waals surface area contributed by atoms with Crippen molar-refractivity contribution in [2.24, 2.45) is 5.84 Å². The summed E-state index contributed by atoms with van der Waals surface area (Å²) in [5.74, 6) is 4.81. The van der Waals surface area contributed by atoms with Crippen molar-refractivity contribution in [3.63, 3.8) is 0 Å². The van der Waals surface area contributed by atoms with Crippen LogP contribution in [0.1, 0.15) is 17.4 Å². The lowest BCUT2D eigenvalue weighted by atomic mass is 10.2. The molecule has 0 atom stereocenters. The van der Waals surface area contributed by atoms with E-state index in [1.807, 2.05) is 0 Å². The molecular formula is C14H15FN4O. The van der Waals surface area contributed by atoms with Crippen molar-refractivity contribution >= 4 is 17.4 Å². The highest BCUT2D eigenvalue weighted by Gasteiger charge is 2.20. The van der Waals surface area contributed by atoms with Crippen LogP contribution in [-0.4, -0.2) is 17.4 Å². The molecule has 1 amide bonds. The Morgan fingerprint density at radius 3 is 2.70 bits per heavy atom. The number of nitrogens with one attached hydrogen (secondary N) is 1. The third-order valence-electron chi connectivity index (χ3n) is 2.82. The van der Waals surface area contributed by atoms with E-state index in [2.05, 4.69) is 10.4 Å². The predicted molar refractivity (Wildman–Crippen MR) is 75.8 cm³/mol. The van der Waals surface area contributed by atoms with Gasteiger partial charge >= 0.3 is 0 Å². The Kier molecular flexibility index (Phi) is 4.27. The van der Waals surface area contributed by atoms with Gasteiger partial charge in [-0.2, -0.15) is 0 Å². The number of aromatic nitrogens is 1. The van der Waals surface area contributed by atoms with Crippen molar-refractivity contribution in [1.29, 1.82) is 0 Å². The lowest BCUT2D eigenvalue weighted by Crippen LogP contribution is -2.32. The van der Waals surface area contributed by atoms with Crippen LogP contribution in [0, 0.1) is 5.82 Å². The molecule has 2 rings (SSSR count). The molecule has 3 N–H and O–H groups in total. The summed E-state index contributed by atoms with van der Waals surface area (Å²) in [6.45, 7) is 2.11. The van der Waals surface area contributed by atoms with E-state index in [0.717, 1.165) is 0 Å². The van der Waals surface area contributed by atoms with Gasteiger partial charge in [-0.25, -0.2) is 15.2 Å². The fourth-order valence-electron chi connectivity index (χ4n) is 1.87. The monoisotopic (exact) mass is 274 g/mol. The van der Waals surface area contributed by atoms with E-state index in [1.54, 1.807) is 43.3 Å². The number of hydrogen-bond donors (Lipinski definition) is 2. The molecule has 0 bridgehead atoms. The number of carbonyl (C=O) groups is 1. The Bertz CT molecular complexity index is 618. The number of nitrogens with zero attached hydrogens (tertiary/aromatic N) is 2. The summed E-state index contributed by atoms with van der Waals surface area (Å²) >= 11 is 0. The minimum atomic E-state index is -0.448. The Balaban J connectivity index is 2.36. The summed E-state index contributed by atoms with van der Waals surface area (Å²) in [5.41, 5.74) is 2.80. The molecule has 1 heterocycles. The van der Waals surface area contributed by atoms with E-state index in [4.69, 9.17) is 5.84 Å². The largest absolute Gasteiger partial charge is 0.308 e. The molecule has 1 aromatic heterocycles. The topological polar surface area (TPSA) is 71.2 Å². The summed E-state index contributed by atoms with van der Waals surface area (Å²) in [6.07, 6.45) is 0. The Hall–Kier alpha value is -2.47. The van der Waals surface area contributed by atoms with Crippen molar-refractivity contribution in [3.05, 3.63) is 54.0 Å². The molecule has 0 saturated carbocycles. The van der Waals surface area contributed by atoms with Crippen molar-refractivity contribution < 1.29 is 9.18 Å². The second kappa shape index (κ2) is 6.12. The smallest absolute Gasteiger partial charge is 0.277 e. The van der Waals surface area contributed by atoms with E-state index in [0.29, 0.717) is 12.4 Å². The zero-order valence-electron chi connectivity index (χ0n) is 11.0. The van der Waals surface area contributed by atoms with Crippen LogP contribution in [0.2, 0.25) is 0 Å². The van der Waals surface area contributed by atoms with Crippen LogP contribution in [0.3, 0.4) is 0 Å². The van der Waals surface area contributed by atoms with Crippen LogP contribution in [0.25, 0.3) is 0 Å². The molecule has 104 valence electrons. The van der Waals surface area contributed by atoms with Gasteiger partial charge in [0.05, 0.1) is 5.69 Å². The number of para-hydroxylation sites is 1. The van der Waals surface area contributed by atoms with Gasteiger partial charge in [-0.15, -0.1) is 0 Å². The lowest BCUT2D eigenvalue weighted by Gasteiger charge is -2.21. The number of nitrogens with two attached hydrogens (primary N) is 1. The fraction of sp³-hybridized carbons (Fsp3) is 0.143. The molecule has 0 aliphatic heterocycles. The standard InChI is InChI=1S/C14H15FN4O/c1-2-19(12-8-4-3-6-10(12)15)14(20)11-7-5-9-13(17-11)18-16/h3-9H,2,16H2,1H3,(H,17,18). The van der Waals surface area contributed by atoms with Gasteiger partial charge < -0.3 is 10.3 Å². The quantitative estimate of drug-likeness (QED) is 0.662. The second-order valence-electron chi connectivity index (χ2n) is 4.05. The average Bonchev–Trinajstić information content (AvgIpc) is 2.49. The minimum absolute atomic E-state index is 0.200. The minimum Gasteiger partial charge on any atom is -0.308 e. The van der Waals surface area contributed by atoms with Gasteiger partial charge in [-0.3, -0.25) is 4.79 Å². The second-order valence-corrected chi connectivity index (χ2v) is 4.05. The third kappa shape index (κ3) is 2.75. The molecule has 5 nitrogen and oxygen atoms in total. The third-order valence-corrected chi connectivity index (χ3v) is 2.82. The number of nitrogen functional groups attached to an aromatic ring is 1. The highest BCUT2D eigenvalue weighted by Crippen LogP contribution is 2.20. The van der Waals surface area contributed by atoms with E-state index in [9.17, 15) is 9.18 Å². The molecule has 0 saturated heterocycles. The molecule has 0 spiro atoms. The summed E-state index contributed by atoms with van der Waals surface area (Å²) in [7, 11) is 0. The molecular weight excluding hydrogens is 259 g/mol. The van der Waals surface area contributed by atoms with Crippen LogP contribution >= 0.6 is 0 Å². The zero-order valence-corrected chi connectivity index (χ0v) is 11.0. The molecule has 6 heteroatoms. The van der Waals surface area contributed by atoms with Crippen molar-refractivity contribution in [3.8, 4) is 0 Å². The highest BCUT2D eigenvalue weighted by atomic mass is 19.1. The maximum Gasteiger partial charge on any atom is 0.277 e. The maximum atomic E-state index is 13.8. The number of amides is 1. The van der Waals surface area contributed by atoms with Gasteiger partial charge in [0.15, 0.2) is 0 Å². The fourth-order valence-corrected chi connectivity index (χ4v) is 1.87. The van der Waals surface area contributed by atoms with Gasteiger partial charge in [0.25, 0.3) is 5.91 Å². The molecule has 0 aliphatic carbocycles. The Morgan fingerprint density at radius 1 is 1.30 bits per heavy atom. The first kappa shape index (κ1) is 14.0. The Morgan fingerprint density at radius 2 is 2.05 bits per heavy atom. The number of hydrogen-bond acceptors (Lipinski definition) is 4. The van der Waals surface area contributed by atoms with Gasteiger partial charge in [0.1, 0.15) is 17.3 Å². The van der Waals surface area contributed by atoms with Gasteiger partial charge in [0.2, 0.25) is 0 Å². The van der Waals surface area contributed by atoms with E-state index in [-0.39, 0.29) is 17.3 Å². The Labute approximate surface area is 116 Å². The van der Waals surface area contributed by atoms with Crippen LogP contribution < -0.4 is 16.2 Å².